The summed E-state index contributed by atoms with van der Waals surface area (Å²) in [7, 11) is 0. The number of pyridine rings is 1. The highest BCUT2D eigenvalue weighted by atomic mass is 16.5. The molecule has 0 spiro atoms. The van der Waals surface area contributed by atoms with Crippen LogP contribution in [0.5, 0.6) is 11.6 Å². The number of nitrogens with one attached hydrogen (secondary N) is 2. The van der Waals surface area contributed by atoms with Crippen molar-refractivity contribution in [3.05, 3.63) is 53.7 Å². The van der Waals surface area contributed by atoms with Crippen LogP contribution in [0.4, 0.5) is 0 Å². The average Bonchev–Trinajstić information content (AvgIpc) is 2.72. The Morgan fingerprint density at radius 2 is 1.83 bits per heavy atom. The normalized spacial score (nSPS) is 10.5. The summed E-state index contributed by atoms with van der Waals surface area (Å²) in [5, 5.41) is 5.36. The van der Waals surface area contributed by atoms with Crippen LogP contribution in [0.2, 0.25) is 0 Å². The van der Waals surface area contributed by atoms with Crippen LogP contribution < -0.4 is 20.1 Å². The summed E-state index contributed by atoms with van der Waals surface area (Å²) >= 11 is 0. The third-order valence-electron chi connectivity index (χ3n) is 3.94. The third kappa shape index (κ3) is 8.21. The highest BCUT2D eigenvalue weighted by Crippen LogP contribution is 2.13. The number of carbonyl (C=O) groups is 2. The molecule has 7 heteroatoms. The summed E-state index contributed by atoms with van der Waals surface area (Å²) in [5.41, 5.74) is 1.32. The van der Waals surface area contributed by atoms with Crippen molar-refractivity contribution in [3.63, 3.8) is 0 Å². The lowest BCUT2D eigenvalue weighted by molar-refractivity contribution is -0.120. The Labute approximate surface area is 171 Å². The van der Waals surface area contributed by atoms with E-state index in [0.717, 1.165) is 24.2 Å². The van der Waals surface area contributed by atoms with E-state index < -0.39 is 0 Å². The average molecular weight is 399 g/mol. The molecule has 0 fully saturated rings. The molecule has 0 bridgehead atoms. The molecule has 1 aromatic carbocycles. The minimum Gasteiger partial charge on any atom is -0.494 e. The molecular weight excluding hydrogens is 370 g/mol. The minimum atomic E-state index is -0.308. The zero-order valence-electron chi connectivity index (χ0n) is 17.2. The summed E-state index contributed by atoms with van der Waals surface area (Å²) in [6, 6.07) is 10.5. The Bertz CT molecular complexity index is 774. The van der Waals surface area contributed by atoms with Gasteiger partial charge in [-0.25, -0.2) is 4.98 Å². The molecule has 2 rings (SSSR count). The maximum Gasteiger partial charge on any atom is 0.251 e. The highest BCUT2D eigenvalue weighted by Gasteiger charge is 2.08. The van der Waals surface area contributed by atoms with E-state index >= 15 is 0 Å². The molecule has 156 valence electrons. The van der Waals surface area contributed by atoms with Crippen molar-refractivity contribution >= 4 is 11.8 Å². The number of nitrogens with zero attached hydrogens (tertiary/aromatic N) is 1. The van der Waals surface area contributed by atoms with Crippen molar-refractivity contribution in [1.82, 2.24) is 15.6 Å². The fraction of sp³-hybridized carbons (Fsp3) is 0.409. The van der Waals surface area contributed by atoms with Crippen LogP contribution in [0.1, 0.15) is 49.5 Å². The van der Waals surface area contributed by atoms with Crippen molar-refractivity contribution in [1.29, 1.82) is 0 Å². The Balaban J connectivity index is 1.72. The first kappa shape index (κ1) is 22.2. The van der Waals surface area contributed by atoms with E-state index in [4.69, 9.17) is 9.47 Å². The van der Waals surface area contributed by atoms with E-state index in [2.05, 4.69) is 22.5 Å². The highest BCUT2D eigenvalue weighted by molar-refractivity contribution is 5.96. The van der Waals surface area contributed by atoms with Crippen LogP contribution in [0.25, 0.3) is 0 Å². The van der Waals surface area contributed by atoms with Gasteiger partial charge in [0.15, 0.2) is 0 Å². The van der Waals surface area contributed by atoms with Crippen molar-refractivity contribution in [2.45, 2.75) is 46.3 Å². The summed E-state index contributed by atoms with van der Waals surface area (Å²) in [4.78, 5) is 28.3. The van der Waals surface area contributed by atoms with Gasteiger partial charge in [0.25, 0.3) is 5.91 Å². The smallest absolute Gasteiger partial charge is 0.251 e. The van der Waals surface area contributed by atoms with Crippen molar-refractivity contribution in [2.24, 2.45) is 0 Å². The Kier molecular flexibility index (Phi) is 8.95. The van der Waals surface area contributed by atoms with Crippen LogP contribution in [0, 0.1) is 0 Å². The third-order valence-corrected chi connectivity index (χ3v) is 3.94. The molecule has 0 atom stereocenters. The first-order valence-corrected chi connectivity index (χ1v) is 9.87. The van der Waals surface area contributed by atoms with Gasteiger partial charge in [-0.2, -0.15) is 0 Å². The predicted octanol–water partition coefficient (Wildman–Crippen LogP) is 3.09. The van der Waals surface area contributed by atoms with Crippen LogP contribution in [0.3, 0.4) is 0 Å². The topological polar surface area (TPSA) is 89.5 Å². The summed E-state index contributed by atoms with van der Waals surface area (Å²) in [5.74, 6) is 0.688. The molecule has 7 nitrogen and oxygen atoms in total. The van der Waals surface area contributed by atoms with E-state index in [1.54, 1.807) is 36.5 Å². The van der Waals surface area contributed by atoms with Crippen molar-refractivity contribution < 1.29 is 19.1 Å². The van der Waals surface area contributed by atoms with Crippen LogP contribution in [-0.2, 0) is 11.3 Å². The van der Waals surface area contributed by atoms with Crippen molar-refractivity contribution in [2.75, 3.05) is 13.2 Å². The Morgan fingerprint density at radius 3 is 2.45 bits per heavy atom. The molecule has 1 aromatic heterocycles. The fourth-order valence-electron chi connectivity index (χ4n) is 2.39. The maximum atomic E-state index is 12.2. The van der Waals surface area contributed by atoms with Gasteiger partial charge >= 0.3 is 0 Å². The number of rotatable bonds is 11. The molecule has 0 aliphatic rings. The number of carbonyl (C=O) groups excluding carboxylic acids is 2. The van der Waals surface area contributed by atoms with Crippen LogP contribution in [0.15, 0.2) is 42.6 Å². The van der Waals surface area contributed by atoms with Gasteiger partial charge in [0.1, 0.15) is 5.75 Å². The Hall–Kier alpha value is -3.09. The van der Waals surface area contributed by atoms with E-state index in [9.17, 15) is 9.59 Å². The number of unbranched alkanes of at least 4 members (excludes halogenated alkanes) is 1. The van der Waals surface area contributed by atoms with E-state index in [1.807, 2.05) is 19.9 Å². The molecule has 2 aromatic rings. The first-order chi connectivity index (χ1) is 14.0. The van der Waals surface area contributed by atoms with Crippen LogP contribution in [-0.4, -0.2) is 36.1 Å². The number of hydrogen-bond donors (Lipinski definition) is 2. The summed E-state index contributed by atoms with van der Waals surface area (Å²) < 4.78 is 11.1. The van der Waals surface area contributed by atoms with Crippen LogP contribution >= 0.6 is 0 Å². The second-order valence-corrected chi connectivity index (χ2v) is 6.86. The molecule has 2 N–H and O–H groups in total. The molecule has 0 saturated carbocycles. The van der Waals surface area contributed by atoms with Crippen molar-refractivity contribution in [3.8, 4) is 11.6 Å². The van der Waals surface area contributed by atoms with Gasteiger partial charge in [-0.15, -0.1) is 0 Å². The zero-order chi connectivity index (χ0) is 21.1. The molecule has 0 radical (unpaired) electrons. The van der Waals surface area contributed by atoms with Gasteiger partial charge in [-0.05, 0) is 50.1 Å². The van der Waals surface area contributed by atoms with Gasteiger partial charge < -0.3 is 20.1 Å². The monoisotopic (exact) mass is 399 g/mol. The molecule has 0 aliphatic carbocycles. The predicted molar refractivity (Wildman–Crippen MR) is 111 cm³/mol. The van der Waals surface area contributed by atoms with Gasteiger partial charge in [0, 0.05) is 24.4 Å². The fourth-order valence-corrected chi connectivity index (χ4v) is 2.39. The quantitative estimate of drug-likeness (QED) is 0.567. The number of ether oxygens (including phenoxy) is 2. The van der Waals surface area contributed by atoms with Gasteiger partial charge in [-0.3, -0.25) is 9.59 Å². The minimum absolute atomic E-state index is 0.0569. The van der Waals surface area contributed by atoms with E-state index in [1.165, 1.54) is 0 Å². The number of hydrogen-bond acceptors (Lipinski definition) is 5. The van der Waals surface area contributed by atoms with Gasteiger partial charge in [-0.1, -0.05) is 19.4 Å². The second-order valence-electron chi connectivity index (χ2n) is 6.86. The zero-order valence-corrected chi connectivity index (χ0v) is 17.2. The molecule has 2 amide bonds. The lowest BCUT2D eigenvalue weighted by Crippen LogP contribution is -2.36. The van der Waals surface area contributed by atoms with E-state index in [-0.39, 0.29) is 24.5 Å². The van der Waals surface area contributed by atoms with Gasteiger partial charge in [0.05, 0.1) is 19.3 Å². The standard InChI is InChI=1S/C22H29N3O4/c1-4-5-12-28-19-9-7-18(8-10-19)22(27)25-15-20(26)23-13-17-6-11-21(24-14-17)29-16(2)3/h6-11,14,16H,4-5,12-13,15H2,1-3H3,(H,23,26)(H,25,27). The summed E-state index contributed by atoms with van der Waals surface area (Å²) in [6.07, 6.45) is 3.77. The first-order valence-electron chi connectivity index (χ1n) is 9.87. The molecule has 29 heavy (non-hydrogen) atoms. The maximum absolute atomic E-state index is 12.2. The lowest BCUT2D eigenvalue weighted by atomic mass is 10.2. The molecule has 0 unspecified atom stereocenters. The lowest BCUT2D eigenvalue weighted by Gasteiger charge is -2.10. The molecule has 1 heterocycles. The summed E-state index contributed by atoms with van der Waals surface area (Å²) in [6.45, 7) is 6.84. The Morgan fingerprint density at radius 1 is 1.07 bits per heavy atom. The molecular formula is C22H29N3O4. The largest absolute Gasteiger partial charge is 0.494 e. The number of benzene rings is 1. The second kappa shape index (κ2) is 11.7. The SMILES string of the molecule is CCCCOc1ccc(C(=O)NCC(=O)NCc2ccc(OC(C)C)nc2)cc1. The number of aromatic nitrogens is 1. The van der Waals surface area contributed by atoms with Gasteiger partial charge in [0.2, 0.25) is 11.8 Å². The van der Waals surface area contributed by atoms with E-state index in [0.29, 0.717) is 24.6 Å². The molecule has 0 saturated heterocycles. The molecule has 0 aliphatic heterocycles. The number of amides is 2.